The van der Waals surface area contributed by atoms with Crippen molar-refractivity contribution in [2.75, 3.05) is 10.6 Å². The van der Waals surface area contributed by atoms with Crippen molar-refractivity contribution in [3.63, 3.8) is 0 Å². The fraction of sp³-hybridized carbons (Fsp3) is 0.0714. The number of anilines is 2. The Morgan fingerprint density at radius 2 is 1.52 bits per heavy atom. The van der Waals surface area contributed by atoms with Gasteiger partial charge in [0.25, 0.3) is 0 Å². The molecule has 0 radical (unpaired) electrons. The predicted octanol–water partition coefficient (Wildman–Crippen LogP) is 4.77. The van der Waals surface area contributed by atoms with Crippen LogP contribution in [0.25, 0.3) is 0 Å². The zero-order valence-corrected chi connectivity index (χ0v) is 11.1. The van der Waals surface area contributed by atoms with Crippen LogP contribution in [0.2, 0.25) is 0 Å². The Bertz CT molecular complexity index is 745. The molecule has 0 unspecified atom stereocenters. The van der Waals surface area contributed by atoms with Crippen molar-refractivity contribution in [1.29, 1.82) is 0 Å². The smallest absolute Gasteiger partial charge is 0.305 e. The molecule has 0 saturated carbocycles. The van der Waals surface area contributed by atoms with Crippen LogP contribution in [0.5, 0.6) is 0 Å². The van der Waals surface area contributed by atoms with E-state index in [2.05, 4.69) is 0 Å². The Morgan fingerprint density at radius 3 is 2.17 bits per heavy atom. The molecule has 2 N–H and O–H groups in total. The fourth-order valence-electron chi connectivity index (χ4n) is 1.67. The molecule has 0 spiro atoms. The van der Waals surface area contributed by atoms with Gasteiger partial charge in [-0.25, -0.2) is 18.0 Å². The summed E-state index contributed by atoms with van der Waals surface area (Å²) in [5, 5.41) is 3.68. The number of rotatable bonds is 2. The minimum absolute atomic E-state index is 0.386. The van der Waals surface area contributed by atoms with E-state index in [0.717, 1.165) is 18.2 Å². The van der Waals surface area contributed by atoms with E-state index in [0.29, 0.717) is 18.2 Å². The van der Waals surface area contributed by atoms with Crippen LogP contribution in [0.3, 0.4) is 0 Å². The lowest BCUT2D eigenvalue weighted by Crippen LogP contribution is -2.21. The fourth-order valence-corrected chi connectivity index (χ4v) is 1.67. The van der Waals surface area contributed by atoms with Crippen LogP contribution in [-0.4, -0.2) is 6.03 Å². The van der Waals surface area contributed by atoms with Crippen LogP contribution in [0.15, 0.2) is 36.4 Å². The molecule has 23 heavy (non-hydrogen) atoms. The zero-order chi connectivity index (χ0) is 17.2. The third-order valence-corrected chi connectivity index (χ3v) is 2.74. The van der Waals surface area contributed by atoms with Crippen molar-refractivity contribution in [2.24, 2.45) is 0 Å². The summed E-state index contributed by atoms with van der Waals surface area (Å²) in [5.74, 6) is -3.70. The van der Waals surface area contributed by atoms with Crippen LogP contribution in [0.4, 0.5) is 42.5 Å². The molecule has 0 fully saturated rings. The second kappa shape index (κ2) is 6.19. The van der Waals surface area contributed by atoms with E-state index in [9.17, 15) is 31.1 Å². The lowest BCUT2D eigenvalue weighted by molar-refractivity contribution is -0.137. The van der Waals surface area contributed by atoms with Gasteiger partial charge in [0, 0.05) is 0 Å². The summed E-state index contributed by atoms with van der Waals surface area (Å²) < 4.78 is 77.4. The molecule has 0 aliphatic heterocycles. The van der Waals surface area contributed by atoms with Crippen LogP contribution in [0.1, 0.15) is 5.56 Å². The first-order valence-electron chi connectivity index (χ1n) is 6.07. The molecule has 0 atom stereocenters. The molecule has 0 aliphatic carbocycles. The number of carbonyl (C=O) groups excluding carboxylic acids is 1. The number of urea groups is 1. The minimum Gasteiger partial charge on any atom is -0.305 e. The maximum absolute atomic E-state index is 13.5. The second-order valence-corrected chi connectivity index (χ2v) is 4.37. The Labute approximate surface area is 125 Å². The third-order valence-electron chi connectivity index (χ3n) is 2.74. The second-order valence-electron chi connectivity index (χ2n) is 4.37. The molecule has 122 valence electrons. The van der Waals surface area contributed by atoms with Crippen molar-refractivity contribution >= 4 is 17.4 Å². The first-order valence-corrected chi connectivity index (χ1v) is 6.07. The standard InChI is InChI=1S/C14H8F6N2O/c15-8-5-4-7(14(18,19)20)6-11(8)22-13(23)21-10-3-1-2-9(16)12(10)17/h1-6H,(H2,21,22,23). The van der Waals surface area contributed by atoms with Gasteiger partial charge in [0.05, 0.1) is 16.9 Å². The van der Waals surface area contributed by atoms with Gasteiger partial charge in [-0.1, -0.05) is 6.07 Å². The number of hydrogen-bond acceptors (Lipinski definition) is 1. The largest absolute Gasteiger partial charge is 0.416 e. The lowest BCUT2D eigenvalue weighted by Gasteiger charge is -2.12. The molecule has 2 rings (SSSR count). The van der Waals surface area contributed by atoms with Crippen LogP contribution < -0.4 is 10.6 Å². The van der Waals surface area contributed by atoms with Gasteiger partial charge in [-0.15, -0.1) is 0 Å². The van der Waals surface area contributed by atoms with Crippen LogP contribution in [0, 0.1) is 17.5 Å². The summed E-state index contributed by atoms with van der Waals surface area (Å²) in [7, 11) is 0. The Balaban J connectivity index is 2.19. The summed E-state index contributed by atoms with van der Waals surface area (Å²) in [6, 6.07) is 3.14. The van der Waals surface area contributed by atoms with E-state index in [4.69, 9.17) is 0 Å². The van der Waals surface area contributed by atoms with E-state index in [-0.39, 0.29) is 0 Å². The molecule has 0 aromatic heterocycles. The molecule has 0 saturated heterocycles. The van der Waals surface area contributed by atoms with Crippen molar-refractivity contribution in [3.8, 4) is 0 Å². The maximum Gasteiger partial charge on any atom is 0.416 e. The first kappa shape index (κ1) is 16.7. The minimum atomic E-state index is -4.73. The summed E-state index contributed by atoms with van der Waals surface area (Å²) in [6.45, 7) is 0. The molecule has 3 nitrogen and oxygen atoms in total. The van der Waals surface area contributed by atoms with Gasteiger partial charge >= 0.3 is 12.2 Å². The highest BCUT2D eigenvalue weighted by molar-refractivity contribution is 5.99. The molecule has 2 aromatic rings. The number of nitrogens with one attached hydrogen (secondary N) is 2. The number of amides is 2. The van der Waals surface area contributed by atoms with Gasteiger partial charge in [-0.05, 0) is 30.3 Å². The highest BCUT2D eigenvalue weighted by Gasteiger charge is 2.31. The van der Waals surface area contributed by atoms with E-state index in [1.54, 1.807) is 5.32 Å². The number of hydrogen-bond donors (Lipinski definition) is 2. The molecule has 0 bridgehead atoms. The molecule has 0 heterocycles. The summed E-state index contributed by atoms with van der Waals surface area (Å²) in [5.41, 5.74) is -2.48. The van der Waals surface area contributed by atoms with Gasteiger partial charge < -0.3 is 10.6 Å². The van der Waals surface area contributed by atoms with E-state index >= 15 is 0 Å². The van der Waals surface area contributed by atoms with E-state index < -0.39 is 46.6 Å². The quantitative estimate of drug-likeness (QED) is 0.764. The number of alkyl halides is 3. The van der Waals surface area contributed by atoms with Crippen molar-refractivity contribution in [2.45, 2.75) is 6.18 Å². The predicted molar refractivity (Wildman–Crippen MR) is 70.4 cm³/mol. The lowest BCUT2D eigenvalue weighted by atomic mass is 10.2. The Morgan fingerprint density at radius 1 is 0.870 bits per heavy atom. The Kier molecular flexibility index (Phi) is 4.48. The number of carbonyl (C=O) groups is 1. The van der Waals surface area contributed by atoms with Crippen LogP contribution in [-0.2, 0) is 6.18 Å². The molecule has 2 aromatic carbocycles. The molecule has 0 aliphatic rings. The monoisotopic (exact) mass is 334 g/mol. The average Bonchev–Trinajstić information content (AvgIpc) is 2.45. The van der Waals surface area contributed by atoms with E-state index in [1.165, 1.54) is 0 Å². The number of halogens is 6. The summed E-state index contributed by atoms with van der Waals surface area (Å²) >= 11 is 0. The SMILES string of the molecule is O=C(Nc1cc(C(F)(F)F)ccc1F)Nc1cccc(F)c1F. The van der Waals surface area contributed by atoms with Crippen molar-refractivity contribution < 1.29 is 31.1 Å². The third kappa shape index (κ3) is 3.93. The van der Waals surface area contributed by atoms with Crippen LogP contribution >= 0.6 is 0 Å². The zero-order valence-electron chi connectivity index (χ0n) is 11.1. The van der Waals surface area contributed by atoms with Gasteiger partial charge in [0.1, 0.15) is 5.82 Å². The summed E-state index contributed by atoms with van der Waals surface area (Å²) in [4.78, 5) is 11.6. The van der Waals surface area contributed by atoms with Gasteiger partial charge in [-0.2, -0.15) is 13.2 Å². The molecule has 9 heteroatoms. The molecular formula is C14H8F6N2O. The van der Waals surface area contributed by atoms with Gasteiger partial charge in [0.15, 0.2) is 11.6 Å². The highest BCUT2D eigenvalue weighted by Crippen LogP contribution is 2.31. The topological polar surface area (TPSA) is 41.1 Å². The van der Waals surface area contributed by atoms with Crippen molar-refractivity contribution in [1.82, 2.24) is 0 Å². The Hall–Kier alpha value is -2.71. The normalized spacial score (nSPS) is 11.2. The first-order chi connectivity index (χ1) is 10.7. The summed E-state index contributed by atoms with van der Waals surface area (Å²) in [6.07, 6.45) is -4.73. The maximum atomic E-state index is 13.5. The van der Waals surface area contributed by atoms with Gasteiger partial charge in [0.2, 0.25) is 0 Å². The van der Waals surface area contributed by atoms with Crippen molar-refractivity contribution in [3.05, 3.63) is 59.4 Å². The average molecular weight is 334 g/mol. The number of benzene rings is 2. The molecular weight excluding hydrogens is 326 g/mol. The van der Waals surface area contributed by atoms with E-state index in [1.807, 2.05) is 5.32 Å². The molecule has 2 amide bonds. The highest BCUT2D eigenvalue weighted by atomic mass is 19.4. The van der Waals surface area contributed by atoms with Gasteiger partial charge in [-0.3, -0.25) is 0 Å².